The largest absolute Gasteiger partial charge is 0.416 e. The number of halogens is 4. The van der Waals surface area contributed by atoms with Crippen molar-refractivity contribution in [3.63, 3.8) is 0 Å². The third-order valence-corrected chi connectivity index (χ3v) is 7.73. The molecule has 0 aliphatic carbocycles. The Kier molecular flexibility index (Phi) is 9.37. The van der Waals surface area contributed by atoms with Gasteiger partial charge < -0.3 is 15.5 Å². The number of benzene rings is 2. The van der Waals surface area contributed by atoms with E-state index in [0.717, 1.165) is 36.1 Å². The van der Waals surface area contributed by atoms with E-state index in [9.17, 15) is 26.4 Å². The number of nitrogens with zero attached hydrogens (tertiary/aromatic N) is 2. The van der Waals surface area contributed by atoms with Gasteiger partial charge in [0.1, 0.15) is 11.7 Å². The summed E-state index contributed by atoms with van der Waals surface area (Å²) in [6, 6.07) is 10.2. The van der Waals surface area contributed by atoms with E-state index in [-0.39, 0.29) is 23.8 Å². The van der Waals surface area contributed by atoms with E-state index < -0.39 is 32.5 Å². The van der Waals surface area contributed by atoms with Gasteiger partial charge in [-0.25, -0.2) is 8.42 Å². The molecule has 2 aromatic carbocycles. The molecular formula is C24H28ClF3N4O3S. The maximum atomic E-state index is 12.8. The monoisotopic (exact) mass is 544 g/mol. The average Bonchev–Trinajstić information content (AvgIpc) is 3.36. The molecule has 0 fully saturated rings. The summed E-state index contributed by atoms with van der Waals surface area (Å²) in [5, 5.41) is 5.47. The Labute approximate surface area is 213 Å². The lowest BCUT2D eigenvalue weighted by molar-refractivity contribution is -0.137. The molecule has 196 valence electrons. The molecule has 0 radical (unpaired) electrons. The Bertz CT molecular complexity index is 1200. The van der Waals surface area contributed by atoms with Gasteiger partial charge in [-0.1, -0.05) is 35.9 Å². The van der Waals surface area contributed by atoms with Crippen LogP contribution in [0.5, 0.6) is 0 Å². The normalized spacial score (nSPS) is 13.9. The van der Waals surface area contributed by atoms with Gasteiger partial charge in [0.05, 0.1) is 22.0 Å². The predicted molar refractivity (Wildman–Crippen MR) is 133 cm³/mol. The Morgan fingerprint density at radius 3 is 2.53 bits per heavy atom. The van der Waals surface area contributed by atoms with Crippen molar-refractivity contribution in [2.45, 2.75) is 30.3 Å². The van der Waals surface area contributed by atoms with Crippen LogP contribution in [-0.2, 0) is 27.2 Å². The Hall–Kier alpha value is -2.63. The molecule has 2 aromatic rings. The summed E-state index contributed by atoms with van der Waals surface area (Å²) in [6.07, 6.45) is -3.28. The molecule has 0 saturated carbocycles. The first-order valence-electron chi connectivity index (χ1n) is 11.4. The lowest BCUT2D eigenvalue weighted by Crippen LogP contribution is -2.30. The molecule has 0 spiro atoms. The lowest BCUT2D eigenvalue weighted by Gasteiger charge is -2.17. The van der Waals surface area contributed by atoms with Gasteiger partial charge in [-0.2, -0.15) is 13.2 Å². The number of nitrogens with one attached hydrogen (secondary N) is 2. The molecule has 2 N–H and O–H groups in total. The first kappa shape index (κ1) is 27.9. The molecule has 0 atom stereocenters. The van der Waals surface area contributed by atoms with Gasteiger partial charge in [-0.05, 0) is 43.1 Å². The highest BCUT2D eigenvalue weighted by Gasteiger charge is 2.32. The van der Waals surface area contributed by atoms with Crippen molar-refractivity contribution in [3.8, 4) is 0 Å². The van der Waals surface area contributed by atoms with E-state index in [0.29, 0.717) is 31.5 Å². The first-order chi connectivity index (χ1) is 17.0. The molecule has 1 aliphatic heterocycles. The van der Waals surface area contributed by atoms with Crippen LogP contribution >= 0.6 is 11.6 Å². The molecule has 0 aromatic heterocycles. The van der Waals surface area contributed by atoms with Crippen molar-refractivity contribution in [1.82, 2.24) is 15.5 Å². The number of likely N-dealkylation sites (N-methyl/N-ethyl adjacent to an activating group) is 1. The summed E-state index contributed by atoms with van der Waals surface area (Å²) < 4.78 is 63.1. The molecule has 0 bridgehead atoms. The van der Waals surface area contributed by atoms with Gasteiger partial charge >= 0.3 is 6.18 Å². The SMILES string of the molecule is CN(CCc1ccc(C2=NCCN2)cc1)C(=O)CCCNCS(=O)(=O)c1ccc(C(F)(F)F)cc1Cl. The number of amidine groups is 1. The van der Waals surface area contributed by atoms with Crippen LogP contribution in [0.4, 0.5) is 13.2 Å². The van der Waals surface area contributed by atoms with Gasteiger partial charge in [0, 0.05) is 32.1 Å². The standard InChI is InChI=1S/C24H28ClF3N4O3S/c1-32(14-10-17-4-6-18(7-5-17)23-30-12-13-31-23)22(33)3-2-11-29-16-36(34,35)21-9-8-19(15-20(21)25)24(26,27)28/h4-9,15,29H,2-3,10-14,16H2,1H3,(H,30,31). The van der Waals surface area contributed by atoms with Crippen LogP contribution in [0, 0.1) is 0 Å². The molecule has 36 heavy (non-hydrogen) atoms. The highest BCUT2D eigenvalue weighted by molar-refractivity contribution is 7.91. The molecule has 12 heteroatoms. The van der Waals surface area contributed by atoms with E-state index >= 15 is 0 Å². The van der Waals surface area contributed by atoms with Crippen molar-refractivity contribution in [2.75, 3.05) is 39.1 Å². The van der Waals surface area contributed by atoms with Gasteiger partial charge in [0.15, 0.2) is 9.84 Å². The summed E-state index contributed by atoms with van der Waals surface area (Å²) >= 11 is 5.78. The van der Waals surface area contributed by atoms with Crippen LogP contribution in [0.3, 0.4) is 0 Å². The molecule has 0 saturated heterocycles. The maximum absolute atomic E-state index is 12.8. The molecule has 1 aliphatic rings. The zero-order chi connectivity index (χ0) is 26.3. The minimum absolute atomic E-state index is 0.0634. The Balaban J connectivity index is 1.38. The van der Waals surface area contributed by atoms with E-state index in [2.05, 4.69) is 15.6 Å². The number of sulfone groups is 1. The third kappa shape index (κ3) is 7.68. The number of carbonyl (C=O) groups excluding carboxylic acids is 1. The van der Waals surface area contributed by atoms with E-state index in [1.165, 1.54) is 0 Å². The Morgan fingerprint density at radius 1 is 1.19 bits per heavy atom. The molecular weight excluding hydrogens is 517 g/mol. The van der Waals surface area contributed by atoms with Crippen LogP contribution in [0.25, 0.3) is 0 Å². The van der Waals surface area contributed by atoms with Crippen molar-refractivity contribution in [3.05, 3.63) is 64.2 Å². The minimum Gasteiger partial charge on any atom is -0.368 e. The zero-order valence-electron chi connectivity index (χ0n) is 19.7. The second-order valence-electron chi connectivity index (χ2n) is 8.42. The minimum atomic E-state index is -4.61. The van der Waals surface area contributed by atoms with E-state index in [1.54, 1.807) is 11.9 Å². The van der Waals surface area contributed by atoms with Crippen LogP contribution in [0.1, 0.15) is 29.5 Å². The quantitative estimate of drug-likeness (QED) is 0.423. The number of rotatable bonds is 11. The fraction of sp³-hybridized carbons (Fsp3) is 0.417. The van der Waals surface area contributed by atoms with Crippen LogP contribution < -0.4 is 10.6 Å². The maximum Gasteiger partial charge on any atom is 0.416 e. The smallest absolute Gasteiger partial charge is 0.368 e. The number of aliphatic imine (C=N–C) groups is 1. The summed E-state index contributed by atoms with van der Waals surface area (Å²) in [7, 11) is -2.21. The van der Waals surface area contributed by atoms with Crippen molar-refractivity contribution in [2.24, 2.45) is 4.99 Å². The van der Waals surface area contributed by atoms with Crippen molar-refractivity contribution >= 4 is 33.2 Å². The fourth-order valence-electron chi connectivity index (χ4n) is 3.61. The van der Waals surface area contributed by atoms with Gasteiger partial charge in [0.2, 0.25) is 5.91 Å². The summed E-state index contributed by atoms with van der Waals surface area (Å²) in [6.45, 7) is 2.42. The number of alkyl halides is 3. The van der Waals surface area contributed by atoms with Crippen LogP contribution in [0.2, 0.25) is 5.02 Å². The van der Waals surface area contributed by atoms with Crippen LogP contribution in [0.15, 0.2) is 52.4 Å². The zero-order valence-corrected chi connectivity index (χ0v) is 21.3. The average molecular weight is 545 g/mol. The third-order valence-electron chi connectivity index (χ3n) is 5.69. The van der Waals surface area contributed by atoms with Crippen molar-refractivity contribution < 1.29 is 26.4 Å². The Morgan fingerprint density at radius 2 is 1.92 bits per heavy atom. The first-order valence-corrected chi connectivity index (χ1v) is 13.4. The molecule has 3 rings (SSSR count). The van der Waals surface area contributed by atoms with E-state index in [4.69, 9.17) is 11.6 Å². The van der Waals surface area contributed by atoms with Crippen molar-refractivity contribution in [1.29, 1.82) is 0 Å². The second-order valence-corrected chi connectivity index (χ2v) is 10.8. The highest BCUT2D eigenvalue weighted by atomic mass is 35.5. The lowest BCUT2D eigenvalue weighted by atomic mass is 10.1. The summed E-state index contributed by atoms with van der Waals surface area (Å²) in [4.78, 5) is 18.0. The highest BCUT2D eigenvalue weighted by Crippen LogP contribution is 2.33. The number of hydrogen-bond donors (Lipinski definition) is 2. The number of carbonyl (C=O) groups is 1. The predicted octanol–water partition coefficient (Wildman–Crippen LogP) is 3.51. The second kappa shape index (κ2) is 12.1. The summed E-state index contributed by atoms with van der Waals surface area (Å²) in [5.41, 5.74) is 1.12. The molecule has 1 heterocycles. The van der Waals surface area contributed by atoms with Gasteiger partial charge in [-0.3, -0.25) is 9.79 Å². The number of amides is 1. The van der Waals surface area contributed by atoms with E-state index in [1.807, 2.05) is 24.3 Å². The molecule has 1 amide bonds. The number of hydrogen-bond acceptors (Lipinski definition) is 6. The fourth-order valence-corrected chi connectivity index (χ4v) is 5.34. The molecule has 7 nitrogen and oxygen atoms in total. The van der Waals surface area contributed by atoms with Gasteiger partial charge in [-0.15, -0.1) is 0 Å². The molecule has 0 unspecified atom stereocenters. The summed E-state index contributed by atoms with van der Waals surface area (Å²) in [5.74, 6) is 0.337. The van der Waals surface area contributed by atoms with Gasteiger partial charge in [0.25, 0.3) is 0 Å². The topological polar surface area (TPSA) is 90.9 Å². The van der Waals surface area contributed by atoms with Crippen LogP contribution in [-0.4, -0.2) is 64.2 Å².